The van der Waals surface area contributed by atoms with Gasteiger partial charge in [0.2, 0.25) is 5.91 Å². The van der Waals surface area contributed by atoms with Gasteiger partial charge in [-0.25, -0.2) is 0 Å². The fraction of sp³-hybridized carbons (Fsp3) is 0.944. The van der Waals surface area contributed by atoms with E-state index in [0.717, 1.165) is 65.1 Å². The number of carbonyl (C=O) groups is 1. The van der Waals surface area contributed by atoms with Crippen LogP contribution in [0.2, 0.25) is 0 Å². The van der Waals surface area contributed by atoms with Gasteiger partial charge in [0.1, 0.15) is 0 Å². The minimum Gasteiger partial charge on any atom is -0.389 e. The molecule has 1 saturated carbocycles. The van der Waals surface area contributed by atoms with Crippen LogP contribution in [-0.2, 0) is 9.53 Å². The van der Waals surface area contributed by atoms with Crippen LogP contribution in [0, 0.1) is 5.41 Å². The Kier molecular flexibility index (Phi) is 6.46. The molecule has 0 aromatic rings. The van der Waals surface area contributed by atoms with Gasteiger partial charge in [0.25, 0.3) is 0 Å². The van der Waals surface area contributed by atoms with E-state index in [2.05, 4.69) is 18.7 Å². The zero-order chi connectivity index (χ0) is 16.9. The van der Waals surface area contributed by atoms with Gasteiger partial charge < -0.3 is 14.7 Å². The van der Waals surface area contributed by atoms with Gasteiger partial charge >= 0.3 is 0 Å². The Labute approximate surface area is 141 Å². The maximum atomic E-state index is 12.5. The van der Waals surface area contributed by atoms with Crippen LogP contribution in [0.25, 0.3) is 0 Å². The van der Waals surface area contributed by atoms with Crippen molar-refractivity contribution < 1.29 is 14.6 Å². The molecule has 134 valence electrons. The monoisotopic (exact) mass is 326 g/mol. The predicted octanol–water partition coefficient (Wildman–Crippen LogP) is 1.89. The Bertz CT molecular complexity index is 386. The first-order valence-electron chi connectivity index (χ1n) is 9.06. The molecule has 1 saturated heterocycles. The number of hydrogen-bond donors (Lipinski definition) is 1. The molecule has 0 spiro atoms. The summed E-state index contributed by atoms with van der Waals surface area (Å²) in [4.78, 5) is 16.7. The van der Waals surface area contributed by atoms with E-state index in [1.165, 1.54) is 6.42 Å². The number of morpholine rings is 1. The molecule has 0 radical (unpaired) electrons. The Morgan fingerprint density at radius 1 is 1.22 bits per heavy atom. The highest BCUT2D eigenvalue weighted by molar-refractivity contribution is 5.77. The van der Waals surface area contributed by atoms with E-state index in [1.807, 2.05) is 11.9 Å². The van der Waals surface area contributed by atoms with Gasteiger partial charge in [-0.15, -0.1) is 0 Å². The summed E-state index contributed by atoms with van der Waals surface area (Å²) in [6.07, 6.45) is 5.07. The number of ether oxygens (including phenoxy) is 1. The molecule has 1 amide bonds. The third-order valence-electron chi connectivity index (χ3n) is 5.11. The molecule has 1 aliphatic carbocycles. The van der Waals surface area contributed by atoms with Crippen molar-refractivity contribution in [2.75, 3.05) is 46.4 Å². The van der Waals surface area contributed by atoms with E-state index in [0.29, 0.717) is 0 Å². The van der Waals surface area contributed by atoms with Gasteiger partial charge in [-0.1, -0.05) is 33.1 Å². The standard InChI is InChI=1S/C18H34N2O3/c1-17(2,15-20-9-11-23-12-10-20)14-19(3)16(21)13-18(22)7-5-4-6-8-18/h22H,4-15H2,1-3H3. The van der Waals surface area contributed by atoms with Crippen molar-refractivity contribution in [1.29, 1.82) is 0 Å². The first kappa shape index (κ1) is 18.7. The summed E-state index contributed by atoms with van der Waals surface area (Å²) in [5.74, 6) is 0.0736. The molecule has 2 rings (SSSR count). The lowest BCUT2D eigenvalue weighted by molar-refractivity contribution is -0.138. The average molecular weight is 326 g/mol. The summed E-state index contributed by atoms with van der Waals surface area (Å²) in [6.45, 7) is 9.66. The molecule has 0 aromatic heterocycles. The Balaban J connectivity index is 1.81. The summed E-state index contributed by atoms with van der Waals surface area (Å²) in [6, 6.07) is 0. The molecule has 2 fully saturated rings. The van der Waals surface area contributed by atoms with Gasteiger partial charge in [0.05, 0.1) is 25.2 Å². The van der Waals surface area contributed by atoms with Crippen LogP contribution in [0.4, 0.5) is 0 Å². The fourth-order valence-electron chi connectivity index (χ4n) is 3.95. The molecular formula is C18H34N2O3. The molecule has 1 heterocycles. The molecule has 2 aliphatic rings. The first-order valence-corrected chi connectivity index (χ1v) is 9.06. The van der Waals surface area contributed by atoms with Gasteiger partial charge in [0, 0.05) is 33.2 Å². The number of nitrogens with zero attached hydrogens (tertiary/aromatic N) is 2. The molecular weight excluding hydrogens is 292 g/mol. The fourth-order valence-corrected chi connectivity index (χ4v) is 3.95. The normalized spacial score (nSPS) is 22.8. The highest BCUT2D eigenvalue weighted by Crippen LogP contribution is 2.31. The van der Waals surface area contributed by atoms with Gasteiger partial charge in [-0.2, -0.15) is 0 Å². The number of hydrogen-bond acceptors (Lipinski definition) is 4. The van der Waals surface area contributed by atoms with Gasteiger partial charge in [-0.05, 0) is 18.3 Å². The third kappa shape index (κ3) is 6.05. The SMILES string of the molecule is CN(CC(C)(C)CN1CCOCC1)C(=O)CC1(O)CCCCC1. The largest absolute Gasteiger partial charge is 0.389 e. The van der Waals surface area contributed by atoms with Crippen LogP contribution in [0.3, 0.4) is 0 Å². The molecule has 0 bridgehead atoms. The highest BCUT2D eigenvalue weighted by Gasteiger charge is 2.34. The molecule has 1 N–H and O–H groups in total. The third-order valence-corrected chi connectivity index (χ3v) is 5.11. The van der Waals surface area contributed by atoms with Crippen molar-refractivity contribution in [2.24, 2.45) is 5.41 Å². The molecule has 5 heteroatoms. The maximum absolute atomic E-state index is 12.5. The van der Waals surface area contributed by atoms with Crippen molar-refractivity contribution in [3.8, 4) is 0 Å². The number of amides is 1. The number of carbonyl (C=O) groups excluding carboxylic acids is 1. The van der Waals surface area contributed by atoms with Crippen LogP contribution in [0.15, 0.2) is 0 Å². The number of aliphatic hydroxyl groups is 1. The molecule has 0 atom stereocenters. The van der Waals surface area contributed by atoms with Crippen LogP contribution in [0.1, 0.15) is 52.4 Å². The van der Waals surface area contributed by atoms with Crippen LogP contribution < -0.4 is 0 Å². The van der Waals surface area contributed by atoms with Crippen molar-refractivity contribution >= 4 is 5.91 Å². The molecule has 1 aliphatic heterocycles. The lowest BCUT2D eigenvalue weighted by atomic mass is 9.82. The quantitative estimate of drug-likeness (QED) is 0.810. The van der Waals surface area contributed by atoms with E-state index >= 15 is 0 Å². The minimum absolute atomic E-state index is 0.0386. The van der Waals surface area contributed by atoms with Crippen LogP contribution in [0.5, 0.6) is 0 Å². The summed E-state index contributed by atoms with van der Waals surface area (Å²) < 4.78 is 5.40. The van der Waals surface area contributed by atoms with Crippen LogP contribution >= 0.6 is 0 Å². The van der Waals surface area contributed by atoms with E-state index in [4.69, 9.17) is 4.74 Å². The second-order valence-corrected chi connectivity index (χ2v) is 8.26. The zero-order valence-electron chi connectivity index (χ0n) is 15.1. The summed E-state index contributed by atoms with van der Waals surface area (Å²) >= 11 is 0. The predicted molar refractivity (Wildman–Crippen MR) is 91.3 cm³/mol. The lowest BCUT2D eigenvalue weighted by Gasteiger charge is -2.38. The Hall–Kier alpha value is -0.650. The molecule has 0 aromatic carbocycles. The lowest BCUT2D eigenvalue weighted by Crippen LogP contribution is -2.47. The molecule has 5 nitrogen and oxygen atoms in total. The number of rotatable bonds is 6. The summed E-state index contributed by atoms with van der Waals surface area (Å²) in [5.41, 5.74) is -0.727. The smallest absolute Gasteiger partial charge is 0.225 e. The molecule has 23 heavy (non-hydrogen) atoms. The molecule has 0 unspecified atom stereocenters. The van der Waals surface area contributed by atoms with Crippen molar-refractivity contribution in [2.45, 2.75) is 58.0 Å². The second kappa shape index (κ2) is 7.95. The Morgan fingerprint density at radius 3 is 2.43 bits per heavy atom. The first-order chi connectivity index (χ1) is 10.8. The van der Waals surface area contributed by atoms with Crippen molar-refractivity contribution in [1.82, 2.24) is 9.80 Å². The van der Waals surface area contributed by atoms with Gasteiger partial charge in [-0.3, -0.25) is 9.69 Å². The average Bonchev–Trinajstić information content (AvgIpc) is 2.47. The Morgan fingerprint density at radius 2 is 1.83 bits per heavy atom. The van der Waals surface area contributed by atoms with E-state index < -0.39 is 5.60 Å². The second-order valence-electron chi connectivity index (χ2n) is 8.26. The van der Waals surface area contributed by atoms with Crippen molar-refractivity contribution in [3.05, 3.63) is 0 Å². The van der Waals surface area contributed by atoms with E-state index in [-0.39, 0.29) is 17.7 Å². The minimum atomic E-state index is -0.766. The summed E-state index contributed by atoms with van der Waals surface area (Å²) in [7, 11) is 1.87. The maximum Gasteiger partial charge on any atom is 0.225 e. The topological polar surface area (TPSA) is 53.0 Å². The van der Waals surface area contributed by atoms with Crippen LogP contribution in [-0.4, -0.2) is 72.9 Å². The highest BCUT2D eigenvalue weighted by atomic mass is 16.5. The van der Waals surface area contributed by atoms with Crippen molar-refractivity contribution in [3.63, 3.8) is 0 Å². The van der Waals surface area contributed by atoms with E-state index in [1.54, 1.807) is 0 Å². The van der Waals surface area contributed by atoms with E-state index in [9.17, 15) is 9.90 Å². The zero-order valence-corrected chi connectivity index (χ0v) is 15.1. The summed E-state index contributed by atoms with van der Waals surface area (Å²) in [5, 5.41) is 10.6. The van der Waals surface area contributed by atoms with Gasteiger partial charge in [0.15, 0.2) is 0 Å².